The van der Waals surface area contributed by atoms with Crippen molar-refractivity contribution in [3.8, 4) is 11.5 Å². The van der Waals surface area contributed by atoms with E-state index in [9.17, 15) is 14.4 Å². The number of imide groups is 1. The number of urea groups is 1. The van der Waals surface area contributed by atoms with Gasteiger partial charge in [-0.1, -0.05) is 30.7 Å². The molecule has 2 fully saturated rings. The van der Waals surface area contributed by atoms with Crippen molar-refractivity contribution in [1.82, 2.24) is 10.2 Å². The quantitative estimate of drug-likeness (QED) is 0.798. The Balaban J connectivity index is 1.71. The van der Waals surface area contributed by atoms with E-state index in [1.807, 2.05) is 0 Å². The van der Waals surface area contributed by atoms with Crippen LogP contribution in [0.15, 0.2) is 18.2 Å². The smallest absolute Gasteiger partial charge is 0.319 e. The van der Waals surface area contributed by atoms with Crippen molar-refractivity contribution in [1.29, 1.82) is 0 Å². The van der Waals surface area contributed by atoms with Gasteiger partial charge in [0.25, 0.3) is 5.24 Å². The molecule has 1 heterocycles. The van der Waals surface area contributed by atoms with Crippen LogP contribution in [0.4, 0.5) is 15.3 Å². The lowest BCUT2D eigenvalue weighted by Crippen LogP contribution is -2.55. The van der Waals surface area contributed by atoms with Gasteiger partial charge in [-0.25, -0.2) is 4.79 Å². The van der Waals surface area contributed by atoms with Gasteiger partial charge < -0.3 is 20.1 Å². The van der Waals surface area contributed by atoms with E-state index in [-0.39, 0.29) is 29.0 Å². The Morgan fingerprint density at radius 3 is 2.63 bits per heavy atom. The number of hydrogen-bond acceptors (Lipinski definition) is 6. The number of carbonyl (C=O) groups excluding carboxylic acids is 3. The van der Waals surface area contributed by atoms with Crippen LogP contribution in [-0.4, -0.2) is 54.1 Å². The summed E-state index contributed by atoms with van der Waals surface area (Å²) in [5.74, 6) is 0.932. The van der Waals surface area contributed by atoms with Gasteiger partial charge in [0.2, 0.25) is 5.91 Å². The van der Waals surface area contributed by atoms with Crippen LogP contribution in [0, 0.1) is 0 Å². The summed E-state index contributed by atoms with van der Waals surface area (Å²) in [6, 6.07) is 4.21. The van der Waals surface area contributed by atoms with E-state index in [2.05, 4.69) is 10.6 Å². The normalized spacial score (nSPS) is 22.5. The van der Waals surface area contributed by atoms with Crippen molar-refractivity contribution < 1.29 is 23.9 Å². The van der Waals surface area contributed by atoms with E-state index in [0.29, 0.717) is 23.6 Å². The standard InChI is InChI=1S/C18H23N3O5S/c1-25-14-9-5-7-12(16(14)26-2)20-17(23)19-11-6-3-4-8-13(11)21-15(22)10-27-18(21)24/h5,7,9,11,13H,3-4,6,8,10H2,1-2H3,(H2,19,20,23). The number of hydrogen-bond donors (Lipinski definition) is 2. The SMILES string of the molecule is COc1cccc(NC(=O)NC2CCCCC2N2C(=O)CSC2=O)c1OC. The molecule has 1 aliphatic heterocycles. The molecule has 3 rings (SSSR count). The zero-order valence-electron chi connectivity index (χ0n) is 15.3. The summed E-state index contributed by atoms with van der Waals surface area (Å²) < 4.78 is 10.6. The summed E-state index contributed by atoms with van der Waals surface area (Å²) in [6.07, 6.45) is 3.28. The van der Waals surface area contributed by atoms with Gasteiger partial charge in [-0.05, 0) is 25.0 Å². The van der Waals surface area contributed by atoms with Crippen LogP contribution < -0.4 is 20.1 Å². The molecule has 2 aliphatic rings. The van der Waals surface area contributed by atoms with Gasteiger partial charge >= 0.3 is 6.03 Å². The first-order valence-electron chi connectivity index (χ1n) is 8.82. The minimum atomic E-state index is -0.412. The zero-order chi connectivity index (χ0) is 19.4. The number of carbonyl (C=O) groups is 3. The minimum Gasteiger partial charge on any atom is -0.493 e. The van der Waals surface area contributed by atoms with Crippen molar-refractivity contribution in [2.75, 3.05) is 25.3 Å². The molecule has 4 amide bonds. The van der Waals surface area contributed by atoms with Crippen LogP contribution in [0.3, 0.4) is 0 Å². The summed E-state index contributed by atoms with van der Waals surface area (Å²) >= 11 is 1.02. The van der Waals surface area contributed by atoms with E-state index < -0.39 is 6.03 Å². The molecule has 0 radical (unpaired) electrons. The lowest BCUT2D eigenvalue weighted by Gasteiger charge is -2.36. The van der Waals surface area contributed by atoms with Gasteiger partial charge in [0, 0.05) is 0 Å². The largest absolute Gasteiger partial charge is 0.493 e. The average Bonchev–Trinajstić information content (AvgIpc) is 3.00. The second-order valence-electron chi connectivity index (χ2n) is 6.42. The summed E-state index contributed by atoms with van der Waals surface area (Å²) in [4.78, 5) is 38.0. The first-order chi connectivity index (χ1) is 13.0. The highest BCUT2D eigenvalue weighted by molar-refractivity contribution is 8.14. The fourth-order valence-corrected chi connectivity index (χ4v) is 4.35. The van der Waals surface area contributed by atoms with Crippen molar-refractivity contribution in [2.24, 2.45) is 0 Å². The highest BCUT2D eigenvalue weighted by Gasteiger charge is 2.41. The maximum absolute atomic E-state index is 12.6. The third-order valence-electron chi connectivity index (χ3n) is 4.81. The topological polar surface area (TPSA) is 97.0 Å². The number of methoxy groups -OCH3 is 2. The van der Waals surface area contributed by atoms with Gasteiger partial charge in [0.05, 0.1) is 37.7 Å². The number of para-hydroxylation sites is 1. The molecule has 2 atom stereocenters. The molecule has 146 valence electrons. The van der Waals surface area contributed by atoms with E-state index in [1.165, 1.54) is 19.1 Å². The Morgan fingerprint density at radius 2 is 1.96 bits per heavy atom. The van der Waals surface area contributed by atoms with E-state index in [4.69, 9.17) is 9.47 Å². The molecule has 8 nitrogen and oxygen atoms in total. The third kappa shape index (κ3) is 4.13. The predicted octanol–water partition coefficient (Wildman–Crippen LogP) is 2.83. The number of thioether (sulfide) groups is 1. The van der Waals surface area contributed by atoms with Crippen molar-refractivity contribution in [3.05, 3.63) is 18.2 Å². The van der Waals surface area contributed by atoms with Gasteiger partial charge in [-0.3, -0.25) is 14.5 Å². The number of amides is 4. The average molecular weight is 393 g/mol. The Labute approximate surface area is 161 Å². The molecule has 2 unspecified atom stereocenters. The lowest BCUT2D eigenvalue weighted by atomic mass is 9.89. The summed E-state index contributed by atoms with van der Waals surface area (Å²) in [7, 11) is 3.02. The van der Waals surface area contributed by atoms with Crippen molar-refractivity contribution in [2.45, 2.75) is 37.8 Å². The zero-order valence-corrected chi connectivity index (χ0v) is 16.1. The molecule has 1 saturated carbocycles. The molecule has 0 aromatic heterocycles. The molecule has 0 bridgehead atoms. The highest BCUT2D eigenvalue weighted by atomic mass is 32.2. The van der Waals surface area contributed by atoms with Crippen LogP contribution in [-0.2, 0) is 4.79 Å². The van der Waals surface area contributed by atoms with Crippen molar-refractivity contribution >= 4 is 34.6 Å². The molecule has 2 N–H and O–H groups in total. The molecule has 9 heteroatoms. The maximum atomic E-state index is 12.6. The first kappa shape index (κ1) is 19.3. The van der Waals surface area contributed by atoms with E-state index >= 15 is 0 Å². The molecule has 0 spiro atoms. The predicted molar refractivity (Wildman–Crippen MR) is 102 cm³/mol. The van der Waals surface area contributed by atoms with Crippen LogP contribution in [0.1, 0.15) is 25.7 Å². The Kier molecular flexibility index (Phi) is 6.10. The second kappa shape index (κ2) is 8.51. The van der Waals surface area contributed by atoms with Gasteiger partial charge in [0.1, 0.15) is 0 Å². The lowest BCUT2D eigenvalue weighted by molar-refractivity contribution is -0.127. The Bertz CT molecular complexity index is 726. The summed E-state index contributed by atoms with van der Waals surface area (Å²) in [5.41, 5.74) is 0.477. The van der Waals surface area contributed by atoms with E-state index in [0.717, 1.165) is 31.0 Å². The van der Waals surface area contributed by atoms with Crippen LogP contribution >= 0.6 is 11.8 Å². The monoisotopic (exact) mass is 393 g/mol. The number of anilines is 1. The first-order valence-corrected chi connectivity index (χ1v) is 9.81. The maximum Gasteiger partial charge on any atom is 0.319 e. The van der Waals surface area contributed by atoms with Crippen LogP contribution in [0.5, 0.6) is 11.5 Å². The molecule has 1 saturated heterocycles. The van der Waals surface area contributed by atoms with Crippen LogP contribution in [0.2, 0.25) is 0 Å². The summed E-state index contributed by atoms with van der Waals surface area (Å²) in [5, 5.41) is 5.46. The Hall–Kier alpha value is -2.42. The molecule has 27 heavy (non-hydrogen) atoms. The number of ether oxygens (including phenoxy) is 2. The van der Waals surface area contributed by atoms with Gasteiger partial charge in [-0.2, -0.15) is 0 Å². The number of rotatable bonds is 5. The highest BCUT2D eigenvalue weighted by Crippen LogP contribution is 2.35. The molecular weight excluding hydrogens is 370 g/mol. The van der Waals surface area contributed by atoms with Crippen LogP contribution in [0.25, 0.3) is 0 Å². The van der Waals surface area contributed by atoms with E-state index in [1.54, 1.807) is 18.2 Å². The van der Waals surface area contributed by atoms with Crippen molar-refractivity contribution in [3.63, 3.8) is 0 Å². The fraction of sp³-hybridized carbons (Fsp3) is 0.500. The minimum absolute atomic E-state index is 0.176. The molecule has 1 aliphatic carbocycles. The molecule has 1 aromatic carbocycles. The molecular formula is C18H23N3O5S. The summed E-state index contributed by atoms with van der Waals surface area (Å²) in [6.45, 7) is 0. The fourth-order valence-electron chi connectivity index (χ4n) is 3.59. The Morgan fingerprint density at radius 1 is 1.19 bits per heavy atom. The third-order valence-corrected chi connectivity index (χ3v) is 5.65. The second-order valence-corrected chi connectivity index (χ2v) is 7.34. The molecule has 1 aromatic rings. The van der Waals surface area contributed by atoms with Gasteiger partial charge in [0.15, 0.2) is 11.5 Å². The van der Waals surface area contributed by atoms with Gasteiger partial charge in [-0.15, -0.1) is 0 Å². The number of nitrogens with zero attached hydrogens (tertiary/aromatic N) is 1. The number of nitrogens with one attached hydrogen (secondary N) is 2. The number of benzene rings is 1.